The van der Waals surface area contributed by atoms with Crippen LogP contribution in [0.15, 0.2) is 23.8 Å². The Morgan fingerprint density at radius 2 is 1.45 bits per heavy atom. The van der Waals surface area contributed by atoms with Gasteiger partial charge in [0.1, 0.15) is 67.3 Å². The van der Waals surface area contributed by atoms with E-state index in [1.807, 2.05) is 0 Å². The van der Waals surface area contributed by atoms with E-state index in [2.05, 4.69) is 33.4 Å². The normalized spacial score (nSPS) is 54.3. The largest absolute Gasteiger partial charge is 0.479 e. The van der Waals surface area contributed by atoms with Gasteiger partial charge in [-0.2, -0.15) is 0 Å². The first-order valence-corrected chi connectivity index (χ1v) is 23.6. The van der Waals surface area contributed by atoms with Gasteiger partial charge in [-0.1, -0.05) is 51.5 Å². The molecule has 25 atom stereocenters. The third-order valence-electron chi connectivity index (χ3n) is 18.6. The maximum atomic E-state index is 14.5. The van der Waals surface area contributed by atoms with Gasteiger partial charge in [0, 0.05) is 5.92 Å². The summed E-state index contributed by atoms with van der Waals surface area (Å²) in [6, 6.07) is 0. The fraction of sp³-hybridized carbons (Fsp3) is 0.851. The summed E-state index contributed by atoms with van der Waals surface area (Å²) in [5, 5.41) is 118. The summed E-state index contributed by atoms with van der Waals surface area (Å²) in [5.41, 5.74) is -2.04. The van der Waals surface area contributed by atoms with Crippen molar-refractivity contribution in [1.29, 1.82) is 0 Å². The summed E-state index contributed by atoms with van der Waals surface area (Å²) in [5.74, 6) is -3.12. The fourth-order valence-electron chi connectivity index (χ4n) is 14.5. The van der Waals surface area contributed by atoms with Gasteiger partial charge in [0.05, 0.1) is 35.7 Å². The lowest BCUT2D eigenvalue weighted by Gasteiger charge is -2.71. The van der Waals surface area contributed by atoms with Gasteiger partial charge in [0.25, 0.3) is 0 Å². The minimum atomic E-state index is -2.05. The number of allylic oxidation sites excluding steroid dienone is 3. The summed E-state index contributed by atoms with van der Waals surface area (Å²) in [7, 11) is 0. The number of carbonyl (C=O) groups is 3. The van der Waals surface area contributed by atoms with Crippen molar-refractivity contribution in [1.82, 2.24) is 0 Å². The number of aliphatic hydroxyl groups is 10. The molecule has 3 aliphatic heterocycles. The molecule has 0 spiro atoms. The quantitative estimate of drug-likeness (QED) is 0.0568. The van der Waals surface area contributed by atoms with Crippen molar-refractivity contribution in [3.8, 4) is 0 Å². The van der Waals surface area contributed by atoms with Gasteiger partial charge < -0.3 is 89.4 Å². The van der Waals surface area contributed by atoms with E-state index in [0.29, 0.717) is 51.4 Å². The lowest BCUT2D eigenvalue weighted by molar-refractivity contribution is -0.366. The SMILES string of the molecule is C=C1CC[C@@]2(C(=O)O[C@@H]3O[C@H](CO)[C@H](O)[C@H](O)[C@H]3O)CC[C@@]3(C)C(=CC[C@@H]4[C@@]5(C)C[C@H](O)[C@H](O[C@H]6O[C@H](C(=O)O)[C@@H](O)[C@@H](O[C@@H]7O[C@@H](C)[C@H](O)[C@@H](O)[C@H]7O)[C@H]6O)[C@@](C)(C=O)[C@@H]5CC[C@]43C)[C@@H]2C1. The Hall–Kier alpha value is -2.51. The van der Waals surface area contributed by atoms with Crippen LogP contribution in [0.5, 0.6) is 0 Å². The molecular weight excluding hydrogens is 884 g/mol. The summed E-state index contributed by atoms with van der Waals surface area (Å²) < 4.78 is 34.6. The molecule has 0 aromatic carbocycles. The van der Waals surface area contributed by atoms with Crippen LogP contribution in [0.1, 0.15) is 92.4 Å². The molecule has 5 aliphatic carbocycles. The highest BCUT2D eigenvalue weighted by Crippen LogP contribution is 2.75. The number of carboxylic acids is 1. The van der Waals surface area contributed by atoms with E-state index >= 15 is 0 Å². The van der Waals surface area contributed by atoms with Crippen molar-refractivity contribution in [2.45, 2.75) is 197 Å². The highest BCUT2D eigenvalue weighted by Gasteiger charge is 2.71. The van der Waals surface area contributed by atoms with Gasteiger partial charge in [-0.05, 0) is 92.8 Å². The zero-order valence-electron chi connectivity index (χ0n) is 38.6. The van der Waals surface area contributed by atoms with Crippen molar-refractivity contribution < 1.29 is 99.0 Å². The lowest BCUT2D eigenvalue weighted by atomic mass is 9.33. The van der Waals surface area contributed by atoms with Crippen LogP contribution in [0.2, 0.25) is 0 Å². The van der Waals surface area contributed by atoms with Crippen molar-refractivity contribution >= 4 is 18.2 Å². The predicted molar refractivity (Wildman–Crippen MR) is 226 cm³/mol. The number of carboxylic acid groups (broad SMARTS) is 1. The van der Waals surface area contributed by atoms with Crippen molar-refractivity contribution in [2.24, 2.45) is 44.8 Å². The number of rotatable bonds is 9. The van der Waals surface area contributed by atoms with E-state index in [4.69, 9.17) is 28.4 Å². The van der Waals surface area contributed by atoms with Crippen LogP contribution >= 0.6 is 0 Å². The Bertz CT molecular complexity index is 1950. The monoisotopic (exact) mass is 954 g/mol. The number of aliphatic carboxylic acids is 1. The van der Waals surface area contributed by atoms with Crippen LogP contribution in [-0.4, -0.2) is 185 Å². The van der Waals surface area contributed by atoms with E-state index in [9.17, 15) is 70.6 Å². The molecule has 7 fully saturated rings. The fourth-order valence-corrected chi connectivity index (χ4v) is 14.5. The van der Waals surface area contributed by atoms with E-state index in [-0.39, 0.29) is 18.3 Å². The molecule has 0 bridgehead atoms. The third kappa shape index (κ3) is 7.71. The van der Waals surface area contributed by atoms with E-state index in [1.54, 1.807) is 6.92 Å². The molecule has 20 nitrogen and oxygen atoms in total. The van der Waals surface area contributed by atoms with Gasteiger partial charge >= 0.3 is 11.9 Å². The molecule has 11 N–H and O–H groups in total. The van der Waals surface area contributed by atoms with Crippen LogP contribution in [0, 0.1) is 44.8 Å². The molecule has 8 rings (SSSR count). The predicted octanol–water partition coefficient (Wildman–Crippen LogP) is -1.06. The molecular formula is C47H70O20. The van der Waals surface area contributed by atoms with Gasteiger partial charge in [-0.15, -0.1) is 0 Å². The maximum absolute atomic E-state index is 14.5. The second-order valence-electron chi connectivity index (χ2n) is 21.9. The summed E-state index contributed by atoms with van der Waals surface area (Å²) in [4.78, 5) is 40.6. The van der Waals surface area contributed by atoms with Crippen LogP contribution in [0.3, 0.4) is 0 Å². The van der Waals surface area contributed by atoms with Crippen LogP contribution < -0.4 is 0 Å². The standard InChI is InChI=1S/C47H70O20/c1-19-9-12-47(42(61)67-40-32(56)30(54)28(52)24(17-48)63-40)14-13-45(5)21(22(47)15-19)7-8-26-43(3)16-23(50)37(44(4,18-49)25(43)10-11-46(26,45)6)66-41-34(58)35(33(57)36(65-41)38(59)60)64-39-31(55)29(53)27(51)20(2)62-39/h7,18,20,22-37,39-41,48,50-58H,1,8-17H2,2-6H3,(H,59,60)/t20-,22-,23-,24+,25+,26+,27-,28-,29+,30-,31+,32+,33-,34+,35+,36-,37-,39-,40-,41+,43-,44-,45-,46+,47+/m0/s1. The first kappa shape index (κ1) is 50.9. The number of esters is 1. The Kier molecular flexibility index (Phi) is 13.6. The van der Waals surface area contributed by atoms with Gasteiger partial charge in [-0.3, -0.25) is 4.79 Å². The molecule has 3 heterocycles. The molecule has 378 valence electrons. The molecule has 0 aromatic heterocycles. The van der Waals surface area contributed by atoms with E-state index in [0.717, 1.165) is 17.4 Å². The number of aliphatic hydroxyl groups excluding tert-OH is 10. The van der Waals surface area contributed by atoms with Crippen molar-refractivity contribution in [2.75, 3.05) is 6.61 Å². The number of carbonyl (C=O) groups excluding carboxylic acids is 2. The second-order valence-corrected chi connectivity index (χ2v) is 21.9. The zero-order chi connectivity index (χ0) is 49.1. The first-order chi connectivity index (χ1) is 31.3. The molecule has 67 heavy (non-hydrogen) atoms. The number of hydrogen-bond donors (Lipinski definition) is 11. The van der Waals surface area contributed by atoms with Gasteiger partial charge in [-0.25, -0.2) is 4.79 Å². The average molecular weight is 955 g/mol. The second kappa shape index (κ2) is 18.0. The van der Waals surface area contributed by atoms with E-state index in [1.165, 1.54) is 6.92 Å². The summed E-state index contributed by atoms with van der Waals surface area (Å²) in [6.07, 6.45) is -21.2. The Morgan fingerprint density at radius 1 is 0.791 bits per heavy atom. The van der Waals surface area contributed by atoms with Crippen LogP contribution in [0.4, 0.5) is 0 Å². The van der Waals surface area contributed by atoms with Crippen LogP contribution in [-0.2, 0) is 42.8 Å². The molecule has 20 heteroatoms. The Morgan fingerprint density at radius 3 is 2.10 bits per heavy atom. The maximum Gasteiger partial charge on any atom is 0.335 e. The highest BCUT2D eigenvalue weighted by atomic mass is 16.7. The third-order valence-corrected chi connectivity index (χ3v) is 18.6. The summed E-state index contributed by atoms with van der Waals surface area (Å²) in [6.45, 7) is 13.2. The smallest absolute Gasteiger partial charge is 0.335 e. The molecule has 0 radical (unpaired) electrons. The zero-order valence-corrected chi connectivity index (χ0v) is 38.6. The number of fused-ring (bicyclic) bond motifs is 7. The van der Waals surface area contributed by atoms with E-state index < -0.39 is 156 Å². The molecule has 0 aromatic rings. The molecule has 3 saturated heterocycles. The molecule has 8 aliphatic rings. The van der Waals surface area contributed by atoms with Crippen molar-refractivity contribution in [3.05, 3.63) is 23.8 Å². The lowest BCUT2D eigenvalue weighted by Crippen LogP contribution is -2.69. The number of ether oxygens (including phenoxy) is 6. The highest BCUT2D eigenvalue weighted by molar-refractivity contribution is 5.79. The molecule has 0 amide bonds. The first-order valence-electron chi connectivity index (χ1n) is 23.6. The van der Waals surface area contributed by atoms with Crippen LogP contribution in [0.25, 0.3) is 0 Å². The number of hydrogen-bond acceptors (Lipinski definition) is 19. The van der Waals surface area contributed by atoms with Crippen molar-refractivity contribution in [3.63, 3.8) is 0 Å². The summed E-state index contributed by atoms with van der Waals surface area (Å²) >= 11 is 0. The Balaban J connectivity index is 1.06. The average Bonchev–Trinajstić information content (AvgIpc) is 3.28. The molecule has 4 saturated carbocycles. The Labute approximate surface area is 388 Å². The molecule has 0 unspecified atom stereocenters. The van der Waals surface area contributed by atoms with Gasteiger partial charge in [0.2, 0.25) is 6.29 Å². The van der Waals surface area contributed by atoms with Gasteiger partial charge in [0.15, 0.2) is 18.7 Å². The minimum absolute atomic E-state index is 0.109. The topological polar surface area (TPSA) is 329 Å². The number of aldehydes is 1. The minimum Gasteiger partial charge on any atom is -0.479 e.